The van der Waals surface area contributed by atoms with Gasteiger partial charge in [-0.25, -0.2) is 8.78 Å². The molecule has 0 unspecified atom stereocenters. The van der Waals surface area contributed by atoms with Crippen LogP contribution in [0.4, 0.5) is 8.78 Å². The van der Waals surface area contributed by atoms with Crippen LogP contribution in [0.5, 0.6) is 0 Å². The molecule has 0 amide bonds. The van der Waals surface area contributed by atoms with E-state index >= 15 is 0 Å². The Labute approximate surface area is 86.1 Å². The standard InChI is InChI=1S/C11H23F2N/c12-11(13)9-7-5-3-1-2-4-6-8-10-14/h11H,1-10,14H2. The third-order valence-electron chi connectivity index (χ3n) is 2.38. The van der Waals surface area contributed by atoms with Gasteiger partial charge in [0, 0.05) is 6.42 Å². The third kappa shape index (κ3) is 11.8. The van der Waals surface area contributed by atoms with Crippen molar-refractivity contribution in [1.82, 2.24) is 0 Å². The second kappa shape index (κ2) is 10.9. The summed E-state index contributed by atoms with van der Waals surface area (Å²) in [5.41, 5.74) is 5.37. The number of unbranched alkanes of at least 4 members (excludes halogenated alkanes) is 7. The third-order valence-corrected chi connectivity index (χ3v) is 2.38. The van der Waals surface area contributed by atoms with Crippen LogP contribution in [0.3, 0.4) is 0 Å². The van der Waals surface area contributed by atoms with Gasteiger partial charge in [-0.1, -0.05) is 38.5 Å². The molecule has 0 fully saturated rings. The van der Waals surface area contributed by atoms with Gasteiger partial charge in [0.2, 0.25) is 6.43 Å². The SMILES string of the molecule is NCCCCCCCCCCC(F)F. The molecule has 0 bridgehead atoms. The summed E-state index contributed by atoms with van der Waals surface area (Å²) in [6.45, 7) is 0.786. The minimum atomic E-state index is -2.11. The van der Waals surface area contributed by atoms with Crippen LogP contribution < -0.4 is 5.73 Å². The van der Waals surface area contributed by atoms with Crippen molar-refractivity contribution in [3.63, 3.8) is 0 Å². The molecule has 14 heavy (non-hydrogen) atoms. The largest absolute Gasteiger partial charge is 0.330 e. The zero-order valence-corrected chi connectivity index (χ0v) is 8.98. The highest BCUT2D eigenvalue weighted by Gasteiger charge is 2.00. The van der Waals surface area contributed by atoms with Crippen molar-refractivity contribution in [1.29, 1.82) is 0 Å². The number of halogens is 2. The number of alkyl halides is 2. The lowest BCUT2D eigenvalue weighted by atomic mass is 10.1. The van der Waals surface area contributed by atoms with Crippen LogP contribution in [-0.2, 0) is 0 Å². The van der Waals surface area contributed by atoms with E-state index in [0.29, 0.717) is 6.42 Å². The van der Waals surface area contributed by atoms with E-state index in [4.69, 9.17) is 5.73 Å². The summed E-state index contributed by atoms with van der Waals surface area (Å²) in [5.74, 6) is 0. The van der Waals surface area contributed by atoms with Crippen molar-refractivity contribution < 1.29 is 8.78 Å². The van der Waals surface area contributed by atoms with E-state index in [9.17, 15) is 8.78 Å². The van der Waals surface area contributed by atoms with E-state index in [-0.39, 0.29) is 6.42 Å². The Balaban J connectivity index is 2.85. The fraction of sp³-hybridized carbons (Fsp3) is 1.00. The second-order valence-electron chi connectivity index (χ2n) is 3.80. The van der Waals surface area contributed by atoms with Crippen LogP contribution in [0, 0.1) is 0 Å². The molecule has 0 saturated carbocycles. The fourth-order valence-corrected chi connectivity index (χ4v) is 1.50. The Hall–Kier alpha value is -0.180. The summed E-state index contributed by atoms with van der Waals surface area (Å²) in [6.07, 6.45) is 6.71. The monoisotopic (exact) mass is 207 g/mol. The summed E-state index contributed by atoms with van der Waals surface area (Å²) < 4.78 is 23.5. The van der Waals surface area contributed by atoms with E-state index in [1.807, 2.05) is 0 Å². The van der Waals surface area contributed by atoms with Gasteiger partial charge in [0.25, 0.3) is 0 Å². The molecule has 0 aromatic rings. The zero-order chi connectivity index (χ0) is 10.6. The number of nitrogens with two attached hydrogens (primary N) is 1. The predicted octanol–water partition coefficient (Wildman–Crippen LogP) is 3.72. The van der Waals surface area contributed by atoms with Crippen LogP contribution in [0.1, 0.15) is 57.8 Å². The molecule has 86 valence electrons. The average Bonchev–Trinajstić information content (AvgIpc) is 2.15. The molecule has 2 N–H and O–H groups in total. The lowest BCUT2D eigenvalue weighted by molar-refractivity contribution is 0.133. The van der Waals surface area contributed by atoms with Crippen LogP contribution in [0.2, 0.25) is 0 Å². The molecule has 0 spiro atoms. The fourth-order valence-electron chi connectivity index (χ4n) is 1.50. The Morgan fingerprint density at radius 2 is 1.14 bits per heavy atom. The topological polar surface area (TPSA) is 26.0 Å². The highest BCUT2D eigenvalue weighted by Crippen LogP contribution is 2.11. The smallest absolute Gasteiger partial charge is 0.238 e. The van der Waals surface area contributed by atoms with E-state index in [1.165, 1.54) is 25.7 Å². The molecule has 0 radical (unpaired) electrons. The molecule has 0 atom stereocenters. The Morgan fingerprint density at radius 1 is 0.714 bits per heavy atom. The number of hydrogen-bond donors (Lipinski definition) is 1. The molecule has 0 aliphatic rings. The maximum absolute atomic E-state index is 11.7. The molecule has 1 nitrogen and oxygen atoms in total. The summed E-state index contributed by atoms with van der Waals surface area (Å²) in [4.78, 5) is 0. The highest BCUT2D eigenvalue weighted by molar-refractivity contribution is 4.48. The first kappa shape index (κ1) is 13.8. The molecule has 0 aliphatic heterocycles. The quantitative estimate of drug-likeness (QED) is 0.543. The summed E-state index contributed by atoms with van der Waals surface area (Å²) in [7, 11) is 0. The molecule has 0 rings (SSSR count). The van der Waals surface area contributed by atoms with Crippen molar-refractivity contribution in [2.45, 2.75) is 64.2 Å². The van der Waals surface area contributed by atoms with E-state index in [0.717, 1.165) is 25.8 Å². The first-order valence-corrected chi connectivity index (χ1v) is 5.75. The van der Waals surface area contributed by atoms with E-state index in [1.54, 1.807) is 0 Å². The van der Waals surface area contributed by atoms with Crippen molar-refractivity contribution in [3.8, 4) is 0 Å². The van der Waals surface area contributed by atoms with Crippen LogP contribution in [0.15, 0.2) is 0 Å². The number of rotatable bonds is 10. The van der Waals surface area contributed by atoms with Gasteiger partial charge in [-0.15, -0.1) is 0 Å². The van der Waals surface area contributed by atoms with Crippen LogP contribution in [-0.4, -0.2) is 13.0 Å². The van der Waals surface area contributed by atoms with Gasteiger partial charge in [-0.2, -0.15) is 0 Å². The first-order valence-electron chi connectivity index (χ1n) is 5.75. The van der Waals surface area contributed by atoms with Crippen LogP contribution >= 0.6 is 0 Å². The van der Waals surface area contributed by atoms with Crippen molar-refractivity contribution in [2.24, 2.45) is 5.73 Å². The molecule has 3 heteroatoms. The zero-order valence-electron chi connectivity index (χ0n) is 8.98. The van der Waals surface area contributed by atoms with Gasteiger partial charge in [0.05, 0.1) is 0 Å². The van der Waals surface area contributed by atoms with Gasteiger partial charge in [0.15, 0.2) is 0 Å². The maximum atomic E-state index is 11.7. The summed E-state index contributed by atoms with van der Waals surface area (Å²) in [6, 6.07) is 0. The molecular formula is C11H23F2N. The molecule has 0 aromatic heterocycles. The molecular weight excluding hydrogens is 184 g/mol. The molecule has 0 aromatic carbocycles. The minimum Gasteiger partial charge on any atom is -0.330 e. The lowest BCUT2D eigenvalue weighted by Crippen LogP contribution is -1.97. The summed E-state index contributed by atoms with van der Waals surface area (Å²) >= 11 is 0. The second-order valence-corrected chi connectivity index (χ2v) is 3.80. The van der Waals surface area contributed by atoms with Crippen LogP contribution in [0.25, 0.3) is 0 Å². The Bertz CT molecular complexity index is 107. The summed E-state index contributed by atoms with van der Waals surface area (Å²) in [5, 5.41) is 0. The average molecular weight is 207 g/mol. The van der Waals surface area contributed by atoms with E-state index < -0.39 is 6.43 Å². The highest BCUT2D eigenvalue weighted by atomic mass is 19.3. The lowest BCUT2D eigenvalue weighted by Gasteiger charge is -2.01. The Morgan fingerprint density at radius 3 is 1.57 bits per heavy atom. The van der Waals surface area contributed by atoms with Crippen molar-refractivity contribution in [2.75, 3.05) is 6.54 Å². The Kier molecular flexibility index (Phi) is 10.8. The normalized spacial score (nSPS) is 11.1. The van der Waals surface area contributed by atoms with Crippen molar-refractivity contribution in [3.05, 3.63) is 0 Å². The van der Waals surface area contributed by atoms with Gasteiger partial charge in [0.1, 0.15) is 0 Å². The van der Waals surface area contributed by atoms with Gasteiger partial charge >= 0.3 is 0 Å². The predicted molar refractivity (Wildman–Crippen MR) is 56.6 cm³/mol. The molecule has 0 saturated heterocycles. The maximum Gasteiger partial charge on any atom is 0.238 e. The van der Waals surface area contributed by atoms with Gasteiger partial charge in [-0.05, 0) is 19.4 Å². The minimum absolute atomic E-state index is 0.0766. The van der Waals surface area contributed by atoms with Gasteiger partial charge < -0.3 is 5.73 Å². The van der Waals surface area contributed by atoms with Gasteiger partial charge in [-0.3, -0.25) is 0 Å². The number of hydrogen-bond acceptors (Lipinski definition) is 1. The van der Waals surface area contributed by atoms with E-state index in [2.05, 4.69) is 0 Å². The molecule has 0 heterocycles. The first-order chi connectivity index (χ1) is 6.77. The van der Waals surface area contributed by atoms with Crippen molar-refractivity contribution >= 4 is 0 Å². The molecule has 0 aliphatic carbocycles.